The molecule has 0 aliphatic carbocycles. The minimum absolute atomic E-state index is 0.378. The lowest BCUT2D eigenvalue weighted by molar-refractivity contribution is -0.169. The summed E-state index contributed by atoms with van der Waals surface area (Å²) in [6, 6.07) is 1.96. The quantitative estimate of drug-likeness (QED) is 0.838. The molecule has 0 spiro atoms. The second-order valence-electron chi connectivity index (χ2n) is 3.04. The van der Waals surface area contributed by atoms with Gasteiger partial charge in [0, 0.05) is 5.56 Å². The molecule has 0 atom stereocenters. The van der Waals surface area contributed by atoms with Gasteiger partial charge in [-0.25, -0.2) is 4.79 Å². The first-order valence-corrected chi connectivity index (χ1v) is 4.43. The molecule has 1 aromatic rings. The molecular weight excluding hydrogens is 271 g/mol. The molecule has 1 N–H and O–H groups in total. The Labute approximate surface area is 96.6 Å². The second-order valence-corrected chi connectivity index (χ2v) is 3.45. The topological polar surface area (TPSA) is 37.3 Å². The first-order valence-electron chi connectivity index (χ1n) is 4.06. The Bertz CT molecular complexity index is 455. The third-order valence-corrected chi connectivity index (χ3v) is 2.22. The van der Waals surface area contributed by atoms with Gasteiger partial charge in [0.05, 0.1) is 10.6 Å². The molecule has 0 aliphatic heterocycles. The molecule has 0 radical (unpaired) electrons. The van der Waals surface area contributed by atoms with Crippen molar-refractivity contribution >= 4 is 17.6 Å². The van der Waals surface area contributed by atoms with E-state index in [-0.39, 0.29) is 0 Å². The summed E-state index contributed by atoms with van der Waals surface area (Å²) in [5.41, 5.74) is -3.51. The van der Waals surface area contributed by atoms with Crippen molar-refractivity contribution < 1.29 is 31.9 Å². The van der Waals surface area contributed by atoms with Gasteiger partial charge in [0.2, 0.25) is 0 Å². The van der Waals surface area contributed by atoms with Crippen LogP contribution in [0.25, 0.3) is 0 Å². The van der Waals surface area contributed by atoms with Gasteiger partial charge >= 0.3 is 18.1 Å². The van der Waals surface area contributed by atoms with E-state index in [1.807, 2.05) is 0 Å². The van der Waals surface area contributed by atoms with Gasteiger partial charge in [-0.1, -0.05) is 23.7 Å². The fraction of sp³-hybridized carbons (Fsp3) is 0.222. The maximum absolute atomic E-state index is 13.1. The minimum atomic E-state index is -5.16. The Kier molecular flexibility index (Phi) is 3.33. The number of halogens is 6. The zero-order valence-electron chi connectivity index (χ0n) is 7.86. The molecule has 17 heavy (non-hydrogen) atoms. The number of benzene rings is 1. The fourth-order valence-corrected chi connectivity index (χ4v) is 1.47. The number of hydrogen-bond donors (Lipinski definition) is 1. The van der Waals surface area contributed by atoms with Gasteiger partial charge in [-0.05, 0) is 6.07 Å². The third-order valence-electron chi connectivity index (χ3n) is 1.90. The average Bonchev–Trinajstić information content (AvgIpc) is 2.14. The number of rotatable bonds is 2. The Balaban J connectivity index is 3.56. The van der Waals surface area contributed by atoms with E-state index < -0.39 is 34.2 Å². The van der Waals surface area contributed by atoms with Crippen LogP contribution in [0.2, 0.25) is 5.02 Å². The standard InChI is InChI=1S/C9H4ClF5O2/c10-5-3-1-2-4(6(5)9(13,14)15)8(11,12)7(16)17/h1-3H,(H,16,17). The highest BCUT2D eigenvalue weighted by Crippen LogP contribution is 2.42. The highest BCUT2D eigenvalue weighted by molar-refractivity contribution is 6.31. The number of carboxylic acids is 1. The maximum Gasteiger partial charge on any atom is 0.418 e. The van der Waals surface area contributed by atoms with Crippen molar-refractivity contribution in [3.8, 4) is 0 Å². The SMILES string of the molecule is O=C(O)C(F)(F)c1cccc(Cl)c1C(F)(F)F. The molecule has 0 aliphatic rings. The summed E-state index contributed by atoms with van der Waals surface area (Å²) < 4.78 is 63.7. The predicted molar refractivity (Wildman–Crippen MR) is 48.0 cm³/mol. The Morgan fingerprint density at radius 2 is 1.71 bits per heavy atom. The van der Waals surface area contributed by atoms with Gasteiger partial charge in [0.25, 0.3) is 0 Å². The zero-order valence-corrected chi connectivity index (χ0v) is 8.61. The van der Waals surface area contributed by atoms with Crippen molar-refractivity contribution in [3.05, 3.63) is 34.3 Å². The smallest absolute Gasteiger partial charge is 0.418 e. The highest BCUT2D eigenvalue weighted by atomic mass is 35.5. The van der Waals surface area contributed by atoms with Crippen LogP contribution in [0.15, 0.2) is 18.2 Å². The molecule has 0 saturated heterocycles. The number of carboxylic acid groups (broad SMARTS) is 1. The molecule has 0 unspecified atom stereocenters. The predicted octanol–water partition coefficient (Wildman–Crippen LogP) is 3.54. The van der Waals surface area contributed by atoms with Crippen LogP contribution in [0.5, 0.6) is 0 Å². The molecule has 2 nitrogen and oxygen atoms in total. The second kappa shape index (κ2) is 4.14. The lowest BCUT2D eigenvalue weighted by Crippen LogP contribution is -2.29. The molecule has 0 aromatic heterocycles. The molecule has 8 heteroatoms. The molecule has 0 fully saturated rings. The molecule has 94 valence electrons. The summed E-state index contributed by atoms with van der Waals surface area (Å²) in [7, 11) is 0. The van der Waals surface area contributed by atoms with Crippen molar-refractivity contribution in [1.29, 1.82) is 0 Å². The van der Waals surface area contributed by atoms with E-state index in [9.17, 15) is 26.7 Å². The Morgan fingerprint density at radius 3 is 2.12 bits per heavy atom. The van der Waals surface area contributed by atoms with Gasteiger partial charge in [-0.15, -0.1) is 0 Å². The average molecular weight is 275 g/mol. The van der Waals surface area contributed by atoms with E-state index in [0.717, 1.165) is 12.1 Å². The van der Waals surface area contributed by atoms with E-state index in [1.165, 1.54) is 0 Å². The van der Waals surface area contributed by atoms with Crippen LogP contribution in [0.4, 0.5) is 22.0 Å². The van der Waals surface area contributed by atoms with Crippen molar-refractivity contribution in [2.75, 3.05) is 0 Å². The summed E-state index contributed by atoms with van der Waals surface area (Å²) >= 11 is 5.18. The van der Waals surface area contributed by atoms with Crippen molar-refractivity contribution in [2.24, 2.45) is 0 Å². The summed E-state index contributed by atoms with van der Waals surface area (Å²) in [4.78, 5) is 10.3. The summed E-state index contributed by atoms with van der Waals surface area (Å²) in [6.07, 6.45) is -5.16. The lowest BCUT2D eigenvalue weighted by Gasteiger charge is -2.18. The number of carbonyl (C=O) groups is 1. The molecule has 1 rings (SSSR count). The van der Waals surface area contributed by atoms with Crippen molar-refractivity contribution in [3.63, 3.8) is 0 Å². The molecule has 0 heterocycles. The van der Waals surface area contributed by atoms with Crippen LogP contribution >= 0.6 is 11.6 Å². The first-order chi connectivity index (χ1) is 7.58. The molecule has 0 amide bonds. The summed E-state index contributed by atoms with van der Waals surface area (Å²) in [5, 5.41) is 7.24. The van der Waals surface area contributed by atoms with Gasteiger partial charge in [-0.2, -0.15) is 22.0 Å². The largest absolute Gasteiger partial charge is 0.477 e. The number of hydrogen-bond acceptors (Lipinski definition) is 1. The zero-order chi connectivity index (χ0) is 13.4. The number of aliphatic carboxylic acids is 1. The van der Waals surface area contributed by atoms with Gasteiger partial charge in [0.1, 0.15) is 0 Å². The maximum atomic E-state index is 13.1. The fourth-order valence-electron chi connectivity index (χ4n) is 1.19. The molecule has 1 aromatic carbocycles. The Hall–Kier alpha value is -1.37. The van der Waals surface area contributed by atoms with E-state index in [0.29, 0.717) is 6.07 Å². The van der Waals surface area contributed by atoms with Gasteiger partial charge in [0.15, 0.2) is 0 Å². The summed E-state index contributed by atoms with van der Waals surface area (Å²) in [5.74, 6) is -7.33. The van der Waals surface area contributed by atoms with Crippen LogP contribution in [0.1, 0.15) is 11.1 Å². The Morgan fingerprint density at radius 1 is 1.18 bits per heavy atom. The van der Waals surface area contributed by atoms with Gasteiger partial charge < -0.3 is 5.11 Å². The van der Waals surface area contributed by atoms with Crippen LogP contribution < -0.4 is 0 Å². The van der Waals surface area contributed by atoms with Crippen LogP contribution in [0.3, 0.4) is 0 Å². The third kappa shape index (κ3) is 2.49. The normalized spacial score (nSPS) is 12.6. The van der Waals surface area contributed by atoms with Crippen molar-refractivity contribution in [1.82, 2.24) is 0 Å². The highest BCUT2D eigenvalue weighted by Gasteiger charge is 2.49. The van der Waals surface area contributed by atoms with E-state index in [1.54, 1.807) is 0 Å². The van der Waals surface area contributed by atoms with Crippen molar-refractivity contribution in [2.45, 2.75) is 12.1 Å². The van der Waals surface area contributed by atoms with Crippen LogP contribution in [-0.2, 0) is 16.9 Å². The van der Waals surface area contributed by atoms with Gasteiger partial charge in [-0.3, -0.25) is 0 Å². The minimum Gasteiger partial charge on any atom is -0.477 e. The van der Waals surface area contributed by atoms with Crippen LogP contribution in [0, 0.1) is 0 Å². The number of alkyl halides is 5. The molecule has 0 bridgehead atoms. The molecule has 0 saturated carbocycles. The first kappa shape index (κ1) is 13.7. The summed E-state index contributed by atoms with van der Waals surface area (Å²) in [6.45, 7) is 0. The van der Waals surface area contributed by atoms with Crippen LogP contribution in [-0.4, -0.2) is 11.1 Å². The van der Waals surface area contributed by atoms with E-state index >= 15 is 0 Å². The lowest BCUT2D eigenvalue weighted by atomic mass is 10.0. The van der Waals surface area contributed by atoms with E-state index in [2.05, 4.69) is 0 Å². The molecular formula is C9H4ClF5O2. The monoisotopic (exact) mass is 274 g/mol. The van der Waals surface area contributed by atoms with E-state index in [4.69, 9.17) is 16.7 Å².